The van der Waals surface area contributed by atoms with Crippen molar-refractivity contribution in [2.24, 2.45) is 28.6 Å². The maximum Gasteiger partial charge on any atom is 0.220 e. The van der Waals surface area contributed by atoms with Gasteiger partial charge in [0, 0.05) is 12.5 Å². The summed E-state index contributed by atoms with van der Waals surface area (Å²) >= 11 is 0. The molecular weight excluding hydrogens is 418 g/mol. The van der Waals surface area contributed by atoms with Crippen LogP contribution in [-0.4, -0.2) is 11.9 Å². The third kappa shape index (κ3) is 3.59. The highest BCUT2D eigenvalue weighted by Crippen LogP contribution is 2.65. The Labute approximate surface area is 204 Å². The zero-order chi connectivity index (χ0) is 23.3. The molecule has 1 unspecified atom stereocenters. The van der Waals surface area contributed by atoms with Crippen molar-refractivity contribution in [3.8, 4) is 11.5 Å². The van der Waals surface area contributed by atoms with Gasteiger partial charge < -0.3 is 10.1 Å². The van der Waals surface area contributed by atoms with Gasteiger partial charge in [-0.15, -0.1) is 0 Å². The van der Waals surface area contributed by atoms with Crippen LogP contribution in [0.2, 0.25) is 0 Å². The molecule has 6 rings (SSSR count). The average molecular weight is 456 g/mol. The predicted octanol–water partition coefficient (Wildman–Crippen LogP) is 7.38. The van der Waals surface area contributed by atoms with Crippen LogP contribution >= 0.6 is 0 Å². The second-order valence-corrected chi connectivity index (χ2v) is 11.7. The van der Waals surface area contributed by atoms with Crippen LogP contribution < -0.4 is 10.1 Å². The lowest BCUT2D eigenvalue weighted by molar-refractivity contribution is -0.134. The van der Waals surface area contributed by atoms with E-state index in [0.29, 0.717) is 23.3 Å². The van der Waals surface area contributed by atoms with Gasteiger partial charge in [-0.3, -0.25) is 4.79 Å². The van der Waals surface area contributed by atoms with Gasteiger partial charge in [0.25, 0.3) is 0 Å². The maximum atomic E-state index is 12.1. The summed E-state index contributed by atoms with van der Waals surface area (Å²) in [5.74, 6) is 4.38. The lowest BCUT2D eigenvalue weighted by Crippen LogP contribution is -2.60. The fourth-order valence-electron chi connectivity index (χ4n) is 8.24. The molecule has 4 fully saturated rings. The van der Waals surface area contributed by atoms with Crippen LogP contribution in [0.25, 0.3) is 6.08 Å². The lowest BCUT2D eigenvalue weighted by Gasteiger charge is -2.59. The summed E-state index contributed by atoms with van der Waals surface area (Å²) in [5, 5.41) is 3.36. The highest BCUT2D eigenvalue weighted by Gasteiger charge is 2.59. The zero-order valence-electron chi connectivity index (χ0n) is 20.6. The van der Waals surface area contributed by atoms with E-state index < -0.39 is 0 Å². The van der Waals surface area contributed by atoms with Crippen LogP contribution in [0, 0.1) is 28.6 Å². The molecule has 2 aromatic rings. The summed E-state index contributed by atoms with van der Waals surface area (Å²) < 4.78 is 5.98. The first kappa shape index (κ1) is 21.9. The number of hydrogen-bond acceptors (Lipinski definition) is 2. The van der Waals surface area contributed by atoms with Crippen LogP contribution in [-0.2, 0) is 4.79 Å². The molecule has 2 aromatic carbocycles. The number of rotatable bonds is 3. The summed E-state index contributed by atoms with van der Waals surface area (Å²) in [7, 11) is 0. The van der Waals surface area contributed by atoms with Gasteiger partial charge in [-0.25, -0.2) is 0 Å². The van der Waals surface area contributed by atoms with Crippen molar-refractivity contribution in [3.05, 3.63) is 65.7 Å². The normalized spacial score (nSPS) is 37.9. The molecule has 3 saturated carbocycles. The zero-order valence-corrected chi connectivity index (χ0v) is 20.6. The van der Waals surface area contributed by atoms with Crippen LogP contribution in [0.3, 0.4) is 0 Å². The van der Waals surface area contributed by atoms with Crippen molar-refractivity contribution >= 4 is 12.0 Å². The van der Waals surface area contributed by atoms with Gasteiger partial charge >= 0.3 is 0 Å². The van der Waals surface area contributed by atoms with Gasteiger partial charge in [0.15, 0.2) is 0 Å². The van der Waals surface area contributed by atoms with E-state index in [0.717, 1.165) is 42.1 Å². The van der Waals surface area contributed by atoms with Gasteiger partial charge in [0.1, 0.15) is 11.5 Å². The number of carbonyl (C=O) groups is 1. The van der Waals surface area contributed by atoms with Crippen molar-refractivity contribution in [3.63, 3.8) is 0 Å². The van der Waals surface area contributed by atoms with Crippen molar-refractivity contribution in [2.45, 2.75) is 71.3 Å². The van der Waals surface area contributed by atoms with Crippen LogP contribution in [0.5, 0.6) is 11.5 Å². The van der Waals surface area contributed by atoms with E-state index in [2.05, 4.69) is 49.5 Å². The highest BCUT2D eigenvalue weighted by atomic mass is 16.5. The molecule has 0 bridgehead atoms. The van der Waals surface area contributed by atoms with Crippen molar-refractivity contribution in [1.29, 1.82) is 0 Å². The van der Waals surface area contributed by atoms with Crippen LogP contribution in [0.4, 0.5) is 0 Å². The molecule has 3 nitrogen and oxygen atoms in total. The maximum absolute atomic E-state index is 12.1. The number of benzene rings is 2. The molecule has 1 heterocycles. The van der Waals surface area contributed by atoms with Gasteiger partial charge in [0.05, 0.1) is 0 Å². The molecule has 178 valence electrons. The quantitative estimate of drug-likeness (QED) is 0.524. The van der Waals surface area contributed by atoms with Gasteiger partial charge in [0.2, 0.25) is 5.91 Å². The molecular formula is C31H37NO2. The summed E-state index contributed by atoms with van der Waals surface area (Å²) in [6.45, 7) is 5.04. The van der Waals surface area contributed by atoms with E-state index in [4.69, 9.17) is 4.74 Å². The Hall–Kier alpha value is -2.55. The number of ether oxygens (including phenoxy) is 1. The molecule has 3 aliphatic carbocycles. The van der Waals surface area contributed by atoms with Crippen molar-refractivity contribution < 1.29 is 9.53 Å². The molecule has 34 heavy (non-hydrogen) atoms. The Morgan fingerprint density at radius 3 is 2.41 bits per heavy atom. The molecule has 1 aliphatic heterocycles. The molecule has 1 saturated heterocycles. The minimum Gasteiger partial charge on any atom is -0.457 e. The standard InChI is InChI=1S/C31H37NO2/c1-30-18-16-27-25(13-15-28-31(27,2)19-17-29(33)32-28)26(30)14-10-22(30)20-21-8-11-24(12-9-21)34-23-6-4-3-5-7-23/h3-9,11-12,20,25-28H,10,13-19H2,1-2H3,(H,32,33)/t25-,26-,27+,28?,30+,31+/m0/s1. The van der Waals surface area contributed by atoms with Gasteiger partial charge in [-0.05, 0) is 103 Å². The molecule has 0 aromatic heterocycles. The first-order valence-corrected chi connectivity index (χ1v) is 13.3. The highest BCUT2D eigenvalue weighted by molar-refractivity contribution is 5.77. The van der Waals surface area contributed by atoms with Crippen LogP contribution in [0.15, 0.2) is 60.2 Å². The molecule has 0 spiro atoms. The number of amides is 1. The second-order valence-electron chi connectivity index (χ2n) is 11.7. The monoisotopic (exact) mass is 455 g/mol. The lowest BCUT2D eigenvalue weighted by atomic mass is 9.47. The first-order chi connectivity index (χ1) is 16.5. The summed E-state index contributed by atoms with van der Waals surface area (Å²) in [6.07, 6.45) is 11.9. The number of hydrogen-bond donors (Lipinski definition) is 1. The SMILES string of the molecule is C[C@]12CCC(=O)NC1CC[C@@H]1[C@H]2CC[C@]2(C)C(=Cc3ccc(Oc4ccccc4)cc3)CC[C@@H]12. The number of nitrogens with one attached hydrogen (secondary N) is 1. The number of para-hydroxylation sites is 1. The van der Waals surface area contributed by atoms with Gasteiger partial charge in [-0.2, -0.15) is 0 Å². The minimum atomic E-state index is 0.271. The van der Waals surface area contributed by atoms with E-state index in [1.165, 1.54) is 37.7 Å². The van der Waals surface area contributed by atoms with Gasteiger partial charge in [-0.1, -0.05) is 55.8 Å². The molecule has 1 N–H and O–H groups in total. The van der Waals surface area contributed by atoms with Crippen LogP contribution in [0.1, 0.15) is 70.8 Å². The minimum absolute atomic E-state index is 0.271. The first-order valence-electron chi connectivity index (χ1n) is 13.3. The second kappa shape index (κ2) is 8.29. The molecule has 3 heteroatoms. The smallest absolute Gasteiger partial charge is 0.220 e. The van der Waals surface area contributed by atoms with E-state index >= 15 is 0 Å². The number of fused-ring (bicyclic) bond motifs is 5. The number of allylic oxidation sites excluding steroid dienone is 1. The summed E-state index contributed by atoms with van der Waals surface area (Å²) in [5.41, 5.74) is 3.54. The topological polar surface area (TPSA) is 38.3 Å². The third-order valence-corrected chi connectivity index (χ3v) is 10.1. The Kier molecular flexibility index (Phi) is 5.35. The molecule has 0 radical (unpaired) electrons. The number of carbonyl (C=O) groups excluding carboxylic acids is 1. The summed E-state index contributed by atoms with van der Waals surface area (Å²) in [6, 6.07) is 18.9. The largest absolute Gasteiger partial charge is 0.457 e. The molecule has 4 aliphatic rings. The molecule has 1 amide bonds. The Bertz CT molecular complexity index is 1090. The molecule has 6 atom stereocenters. The Morgan fingerprint density at radius 2 is 1.62 bits per heavy atom. The average Bonchev–Trinajstić information content (AvgIpc) is 3.17. The van der Waals surface area contributed by atoms with Crippen molar-refractivity contribution in [1.82, 2.24) is 5.32 Å². The van der Waals surface area contributed by atoms with E-state index in [1.54, 1.807) is 5.57 Å². The third-order valence-electron chi connectivity index (χ3n) is 10.1. The fourth-order valence-corrected chi connectivity index (χ4v) is 8.24. The number of piperidine rings is 1. The predicted molar refractivity (Wildman–Crippen MR) is 136 cm³/mol. The van der Waals surface area contributed by atoms with E-state index in [-0.39, 0.29) is 5.91 Å². The summed E-state index contributed by atoms with van der Waals surface area (Å²) in [4.78, 5) is 12.1. The van der Waals surface area contributed by atoms with Crippen molar-refractivity contribution in [2.75, 3.05) is 0 Å². The Balaban J connectivity index is 1.20. The fraction of sp³-hybridized carbons (Fsp3) is 0.516. The Morgan fingerprint density at radius 1 is 0.853 bits per heavy atom. The van der Waals surface area contributed by atoms with E-state index in [9.17, 15) is 4.79 Å². The van der Waals surface area contributed by atoms with E-state index in [1.807, 2.05) is 30.3 Å².